The average molecular weight is 312 g/mol. The van der Waals surface area contributed by atoms with Gasteiger partial charge < -0.3 is 9.47 Å². The SMILES string of the molecule is N#CC1(C#N)[C@H](C(=O)c2ccc(F)cc2)[C@@]12CC[C@H]1CO[C@H]2O1. The van der Waals surface area contributed by atoms with E-state index in [1.54, 1.807) is 0 Å². The number of ether oxygens (including phenoxy) is 2. The molecule has 116 valence electrons. The van der Waals surface area contributed by atoms with Gasteiger partial charge in [-0.1, -0.05) is 0 Å². The maximum Gasteiger partial charge on any atom is 0.169 e. The molecule has 1 aromatic carbocycles. The number of ketones is 1. The molecule has 4 atom stereocenters. The number of nitriles is 2. The fraction of sp³-hybridized carbons (Fsp3) is 0.471. The molecule has 6 heteroatoms. The second-order valence-corrected chi connectivity index (χ2v) is 6.34. The van der Waals surface area contributed by atoms with Gasteiger partial charge in [-0.2, -0.15) is 10.5 Å². The number of hydrogen-bond acceptors (Lipinski definition) is 5. The van der Waals surface area contributed by atoms with Crippen LogP contribution in [0.2, 0.25) is 0 Å². The molecule has 0 N–H and O–H groups in total. The van der Waals surface area contributed by atoms with Crippen LogP contribution in [0.25, 0.3) is 0 Å². The molecule has 1 spiro atoms. The van der Waals surface area contributed by atoms with Gasteiger partial charge in [0.15, 0.2) is 17.5 Å². The number of Topliss-reactive ketones (excluding diaryl/α,β-unsaturated/α-hetero) is 1. The van der Waals surface area contributed by atoms with Crippen molar-refractivity contribution in [1.29, 1.82) is 10.5 Å². The van der Waals surface area contributed by atoms with Gasteiger partial charge in [0, 0.05) is 5.56 Å². The van der Waals surface area contributed by atoms with Crippen molar-refractivity contribution in [2.24, 2.45) is 16.7 Å². The summed E-state index contributed by atoms with van der Waals surface area (Å²) >= 11 is 0. The second-order valence-electron chi connectivity index (χ2n) is 6.34. The van der Waals surface area contributed by atoms with Gasteiger partial charge in [0.25, 0.3) is 0 Å². The van der Waals surface area contributed by atoms with Gasteiger partial charge >= 0.3 is 0 Å². The van der Waals surface area contributed by atoms with Gasteiger partial charge in [-0.3, -0.25) is 4.79 Å². The van der Waals surface area contributed by atoms with E-state index in [9.17, 15) is 19.7 Å². The highest BCUT2D eigenvalue weighted by molar-refractivity contribution is 6.02. The largest absolute Gasteiger partial charge is 0.349 e. The van der Waals surface area contributed by atoms with Crippen molar-refractivity contribution >= 4 is 5.78 Å². The Morgan fingerprint density at radius 2 is 1.96 bits per heavy atom. The minimum atomic E-state index is -1.45. The van der Waals surface area contributed by atoms with E-state index in [-0.39, 0.29) is 11.9 Å². The maximum atomic E-state index is 13.1. The number of halogens is 1. The molecule has 1 aliphatic carbocycles. The van der Waals surface area contributed by atoms with Gasteiger partial charge in [0.05, 0.1) is 36.2 Å². The number of nitrogens with zero attached hydrogens (tertiary/aromatic N) is 2. The van der Waals surface area contributed by atoms with Crippen LogP contribution in [0.15, 0.2) is 24.3 Å². The molecule has 4 rings (SSSR count). The zero-order valence-electron chi connectivity index (χ0n) is 12.2. The molecule has 0 amide bonds. The molecule has 3 aliphatic rings. The van der Waals surface area contributed by atoms with E-state index < -0.39 is 28.9 Å². The lowest BCUT2D eigenvalue weighted by Gasteiger charge is -2.29. The molecule has 0 radical (unpaired) electrons. The van der Waals surface area contributed by atoms with E-state index >= 15 is 0 Å². The maximum absolute atomic E-state index is 13.1. The number of benzene rings is 1. The van der Waals surface area contributed by atoms with E-state index in [1.165, 1.54) is 24.3 Å². The second kappa shape index (κ2) is 4.61. The molecule has 0 aromatic heterocycles. The Morgan fingerprint density at radius 1 is 1.26 bits per heavy atom. The fourth-order valence-electron chi connectivity index (χ4n) is 4.18. The highest BCUT2D eigenvalue weighted by Crippen LogP contribution is 2.76. The van der Waals surface area contributed by atoms with Gasteiger partial charge in [0.2, 0.25) is 0 Å². The predicted molar refractivity (Wildman–Crippen MR) is 74.2 cm³/mol. The summed E-state index contributed by atoms with van der Waals surface area (Å²) in [5.74, 6) is -1.58. The van der Waals surface area contributed by atoms with Crippen molar-refractivity contribution < 1.29 is 18.7 Å². The number of carbonyl (C=O) groups excluding carboxylic acids is 1. The van der Waals surface area contributed by atoms with Gasteiger partial charge in [0.1, 0.15) is 5.82 Å². The first-order valence-corrected chi connectivity index (χ1v) is 7.48. The Morgan fingerprint density at radius 3 is 2.61 bits per heavy atom. The van der Waals surface area contributed by atoms with Crippen LogP contribution in [0.4, 0.5) is 4.39 Å². The van der Waals surface area contributed by atoms with Crippen molar-refractivity contribution in [2.75, 3.05) is 6.61 Å². The number of carbonyl (C=O) groups is 1. The van der Waals surface area contributed by atoms with E-state index in [0.29, 0.717) is 25.0 Å². The Hall–Kier alpha value is -2.28. The standard InChI is InChI=1S/C17H13FN2O3/c18-11-3-1-10(2-4-11)13(21)14-16(8-19,9-20)17(14)6-5-12-7-22-15(17)23-12/h1-4,12,14-15H,5-7H2/t12-,14-,15-,17+/m0/s1. The molecule has 2 aliphatic heterocycles. The summed E-state index contributed by atoms with van der Waals surface area (Å²) in [7, 11) is 0. The minimum absolute atomic E-state index is 0.0251. The Balaban J connectivity index is 1.75. The zero-order chi connectivity index (χ0) is 16.2. The van der Waals surface area contributed by atoms with Crippen molar-refractivity contribution in [2.45, 2.75) is 25.2 Å². The summed E-state index contributed by atoms with van der Waals surface area (Å²) in [6, 6.07) is 9.24. The van der Waals surface area contributed by atoms with Crippen molar-refractivity contribution in [3.05, 3.63) is 35.6 Å². The average Bonchev–Trinajstić information content (AvgIpc) is 2.94. The molecule has 1 aromatic rings. The summed E-state index contributed by atoms with van der Waals surface area (Å²) in [5.41, 5.74) is -2.07. The predicted octanol–water partition coefficient (Wildman–Crippen LogP) is 2.19. The summed E-state index contributed by atoms with van der Waals surface area (Å²) in [5, 5.41) is 19.2. The molecule has 23 heavy (non-hydrogen) atoms. The summed E-state index contributed by atoms with van der Waals surface area (Å²) in [4.78, 5) is 12.9. The van der Waals surface area contributed by atoms with E-state index in [1.807, 2.05) is 12.1 Å². The fourth-order valence-corrected chi connectivity index (χ4v) is 4.18. The molecule has 5 nitrogen and oxygen atoms in total. The molecule has 2 saturated heterocycles. The van der Waals surface area contributed by atoms with Crippen molar-refractivity contribution in [3.8, 4) is 12.1 Å². The monoisotopic (exact) mass is 312 g/mol. The molecule has 0 unspecified atom stereocenters. The molecular formula is C17H13FN2O3. The zero-order valence-corrected chi connectivity index (χ0v) is 12.2. The topological polar surface area (TPSA) is 83.1 Å². The van der Waals surface area contributed by atoms with Crippen molar-refractivity contribution in [1.82, 2.24) is 0 Å². The molecule has 2 heterocycles. The quantitative estimate of drug-likeness (QED) is 0.782. The van der Waals surface area contributed by atoms with E-state index in [4.69, 9.17) is 9.47 Å². The first kappa shape index (κ1) is 14.3. The smallest absolute Gasteiger partial charge is 0.169 e. The lowest BCUT2D eigenvalue weighted by atomic mass is 9.86. The van der Waals surface area contributed by atoms with E-state index in [2.05, 4.69) is 0 Å². The highest BCUT2D eigenvalue weighted by Gasteiger charge is 2.86. The first-order chi connectivity index (χ1) is 11.1. The summed E-state index contributed by atoms with van der Waals surface area (Å²) < 4.78 is 24.4. The third-order valence-electron chi connectivity index (χ3n) is 5.39. The third kappa shape index (κ3) is 1.63. The van der Waals surface area contributed by atoms with Crippen LogP contribution in [0.5, 0.6) is 0 Å². The summed E-state index contributed by atoms with van der Waals surface area (Å²) in [6.45, 7) is 0.427. The van der Waals surface area contributed by atoms with Crippen LogP contribution in [-0.4, -0.2) is 24.8 Å². The van der Waals surface area contributed by atoms with Crippen LogP contribution >= 0.6 is 0 Å². The van der Waals surface area contributed by atoms with Gasteiger partial charge in [-0.25, -0.2) is 4.39 Å². The highest BCUT2D eigenvalue weighted by atomic mass is 19.1. The van der Waals surface area contributed by atoms with Crippen LogP contribution in [0.3, 0.4) is 0 Å². The number of rotatable bonds is 2. The number of hydrogen-bond donors (Lipinski definition) is 0. The first-order valence-electron chi connectivity index (χ1n) is 7.48. The molecule has 2 bridgehead atoms. The Bertz CT molecular complexity index is 750. The van der Waals surface area contributed by atoms with Crippen LogP contribution in [0, 0.1) is 45.2 Å². The van der Waals surface area contributed by atoms with Gasteiger partial charge in [-0.05, 0) is 37.1 Å². The summed E-state index contributed by atoms with van der Waals surface area (Å²) in [6.07, 6.45) is 0.480. The van der Waals surface area contributed by atoms with Crippen LogP contribution in [-0.2, 0) is 9.47 Å². The van der Waals surface area contributed by atoms with Gasteiger partial charge in [-0.15, -0.1) is 0 Å². The van der Waals surface area contributed by atoms with E-state index in [0.717, 1.165) is 0 Å². The minimum Gasteiger partial charge on any atom is -0.349 e. The number of fused-ring (bicyclic) bond motifs is 3. The molecular weight excluding hydrogens is 299 g/mol. The van der Waals surface area contributed by atoms with Crippen LogP contribution in [0.1, 0.15) is 23.2 Å². The molecule has 3 fully saturated rings. The third-order valence-corrected chi connectivity index (χ3v) is 5.39. The Labute approximate surface area is 132 Å². The lowest BCUT2D eigenvalue weighted by molar-refractivity contribution is -0.140. The van der Waals surface area contributed by atoms with Crippen LogP contribution < -0.4 is 0 Å². The van der Waals surface area contributed by atoms with Crippen molar-refractivity contribution in [3.63, 3.8) is 0 Å². The Kier molecular flexibility index (Phi) is 2.87. The normalized spacial score (nSPS) is 36.2. The molecule has 1 saturated carbocycles. The lowest BCUT2D eigenvalue weighted by Crippen LogP contribution is -2.35.